The largest absolute Gasteiger partial charge is 0.480 e. The molecule has 0 aromatic rings. The molecule has 0 atom stereocenters. The number of rotatable bonds is 1. The second kappa shape index (κ2) is 6.91. The lowest BCUT2D eigenvalue weighted by Crippen LogP contribution is -2.28. The molecule has 1 rings (SSSR count). The van der Waals surface area contributed by atoms with Gasteiger partial charge in [-0.2, -0.15) is 0 Å². The standard InChI is InChI=1S/C5H9NO.C2H3ClO2/c7-5-3-1-2-4-6-5;3-1-2(4)5/h1-4H2,(H,6,7);1H2,(H,4,5). The highest BCUT2D eigenvalue weighted by atomic mass is 35.5. The van der Waals surface area contributed by atoms with E-state index >= 15 is 0 Å². The molecule has 0 aromatic carbocycles. The molecule has 0 unspecified atom stereocenters. The van der Waals surface area contributed by atoms with E-state index in [0.29, 0.717) is 0 Å². The number of amides is 1. The second-order valence-electron chi connectivity index (χ2n) is 2.33. The van der Waals surface area contributed by atoms with E-state index in [0.717, 1.165) is 25.8 Å². The number of hydrogen-bond donors (Lipinski definition) is 2. The topological polar surface area (TPSA) is 66.4 Å². The molecule has 2 N–H and O–H groups in total. The van der Waals surface area contributed by atoms with Gasteiger partial charge in [-0.15, -0.1) is 11.6 Å². The van der Waals surface area contributed by atoms with Gasteiger partial charge in [0.05, 0.1) is 0 Å². The fraction of sp³-hybridized carbons (Fsp3) is 0.714. The van der Waals surface area contributed by atoms with Crippen LogP contribution in [0.4, 0.5) is 0 Å². The van der Waals surface area contributed by atoms with Gasteiger partial charge in [0.2, 0.25) is 5.91 Å². The van der Waals surface area contributed by atoms with Crippen LogP contribution < -0.4 is 5.32 Å². The maximum absolute atomic E-state index is 10.4. The summed E-state index contributed by atoms with van der Waals surface area (Å²) in [4.78, 5) is 19.6. The van der Waals surface area contributed by atoms with Crippen molar-refractivity contribution >= 4 is 23.5 Å². The Hall–Kier alpha value is -0.770. The summed E-state index contributed by atoms with van der Waals surface area (Å²) < 4.78 is 0. The molecule has 4 nitrogen and oxygen atoms in total. The number of hydrogen-bond acceptors (Lipinski definition) is 2. The van der Waals surface area contributed by atoms with Gasteiger partial charge in [0.15, 0.2) is 0 Å². The van der Waals surface area contributed by atoms with Crippen LogP contribution in [-0.4, -0.2) is 29.4 Å². The first kappa shape index (κ1) is 11.2. The molecular formula is C7H12ClNO3. The molecule has 1 aliphatic rings. The maximum atomic E-state index is 10.4. The third kappa shape index (κ3) is 7.34. The Morgan fingerprint density at radius 3 is 2.33 bits per heavy atom. The second-order valence-corrected chi connectivity index (χ2v) is 2.60. The fourth-order valence-corrected chi connectivity index (χ4v) is 0.727. The van der Waals surface area contributed by atoms with E-state index in [4.69, 9.17) is 16.7 Å². The third-order valence-corrected chi connectivity index (χ3v) is 1.50. The summed E-state index contributed by atoms with van der Waals surface area (Å²) in [7, 11) is 0. The molecule has 1 amide bonds. The van der Waals surface area contributed by atoms with Crippen molar-refractivity contribution in [3.8, 4) is 0 Å². The van der Waals surface area contributed by atoms with Gasteiger partial charge in [0.1, 0.15) is 5.88 Å². The highest BCUT2D eigenvalue weighted by Crippen LogP contribution is 1.98. The number of nitrogens with one attached hydrogen (secondary N) is 1. The highest BCUT2D eigenvalue weighted by Gasteiger charge is 2.04. The summed E-state index contributed by atoms with van der Waals surface area (Å²) in [5.41, 5.74) is 0. The van der Waals surface area contributed by atoms with Gasteiger partial charge in [-0.3, -0.25) is 9.59 Å². The summed E-state index contributed by atoms with van der Waals surface area (Å²) in [6.45, 7) is 0.888. The Kier molecular flexibility index (Phi) is 6.47. The van der Waals surface area contributed by atoms with E-state index in [9.17, 15) is 9.59 Å². The summed E-state index contributed by atoms with van der Waals surface area (Å²) in [5, 5.41) is 10.3. The van der Waals surface area contributed by atoms with Crippen LogP contribution in [0.1, 0.15) is 19.3 Å². The van der Waals surface area contributed by atoms with Crippen LogP contribution in [0.5, 0.6) is 0 Å². The number of carbonyl (C=O) groups excluding carboxylic acids is 1. The molecule has 0 spiro atoms. The first-order valence-electron chi connectivity index (χ1n) is 3.71. The average Bonchev–Trinajstić information content (AvgIpc) is 2.07. The van der Waals surface area contributed by atoms with Crippen LogP contribution in [-0.2, 0) is 9.59 Å². The summed E-state index contributed by atoms with van der Waals surface area (Å²) in [6.07, 6.45) is 2.97. The Bertz CT molecular complexity index is 153. The Labute approximate surface area is 75.9 Å². The zero-order chi connectivity index (χ0) is 9.40. The number of piperidine rings is 1. The molecule has 70 valence electrons. The van der Waals surface area contributed by atoms with Crippen LogP contribution in [0, 0.1) is 0 Å². The van der Waals surface area contributed by atoms with Gasteiger partial charge in [0, 0.05) is 13.0 Å². The van der Waals surface area contributed by atoms with Gasteiger partial charge < -0.3 is 10.4 Å². The van der Waals surface area contributed by atoms with Crippen molar-refractivity contribution < 1.29 is 14.7 Å². The predicted octanol–water partition coefficient (Wildman–Crippen LogP) is 0.596. The number of carbonyl (C=O) groups is 2. The number of carboxylic acid groups (broad SMARTS) is 1. The number of aliphatic carboxylic acids is 1. The molecule has 12 heavy (non-hydrogen) atoms. The van der Waals surface area contributed by atoms with Gasteiger partial charge >= 0.3 is 5.97 Å². The monoisotopic (exact) mass is 193 g/mol. The van der Waals surface area contributed by atoms with Crippen molar-refractivity contribution in [3.63, 3.8) is 0 Å². The molecule has 5 heteroatoms. The van der Waals surface area contributed by atoms with Crippen molar-refractivity contribution in [1.29, 1.82) is 0 Å². The zero-order valence-electron chi connectivity index (χ0n) is 6.68. The molecule has 0 aromatic heterocycles. The van der Waals surface area contributed by atoms with Gasteiger partial charge in [0.25, 0.3) is 0 Å². The highest BCUT2D eigenvalue weighted by molar-refractivity contribution is 6.26. The molecule has 0 aliphatic carbocycles. The molecule has 1 aliphatic heterocycles. The minimum Gasteiger partial charge on any atom is -0.480 e. The lowest BCUT2D eigenvalue weighted by atomic mass is 10.2. The number of halogens is 1. The molecule has 1 saturated heterocycles. The van der Waals surface area contributed by atoms with Crippen molar-refractivity contribution in [2.75, 3.05) is 12.4 Å². The lowest BCUT2D eigenvalue weighted by molar-refractivity contribution is -0.134. The molecular weight excluding hydrogens is 182 g/mol. The van der Waals surface area contributed by atoms with Gasteiger partial charge in [-0.05, 0) is 12.8 Å². The van der Waals surface area contributed by atoms with Crippen LogP contribution in [0.3, 0.4) is 0 Å². The van der Waals surface area contributed by atoms with E-state index in [1.165, 1.54) is 0 Å². The normalized spacial score (nSPS) is 15.6. The summed E-state index contributed by atoms with van der Waals surface area (Å²) in [5.74, 6) is -1.07. The average molecular weight is 194 g/mol. The predicted molar refractivity (Wildman–Crippen MR) is 45.2 cm³/mol. The first-order valence-corrected chi connectivity index (χ1v) is 4.24. The Balaban J connectivity index is 0.000000217. The van der Waals surface area contributed by atoms with Crippen molar-refractivity contribution in [2.24, 2.45) is 0 Å². The van der Waals surface area contributed by atoms with Crippen LogP contribution >= 0.6 is 11.6 Å². The zero-order valence-corrected chi connectivity index (χ0v) is 7.43. The third-order valence-electron chi connectivity index (χ3n) is 1.27. The summed E-state index contributed by atoms with van der Waals surface area (Å²) >= 11 is 4.74. The SMILES string of the molecule is O=C(O)CCl.O=C1CCCCN1. The maximum Gasteiger partial charge on any atom is 0.318 e. The van der Waals surface area contributed by atoms with Crippen molar-refractivity contribution in [2.45, 2.75) is 19.3 Å². The van der Waals surface area contributed by atoms with E-state index < -0.39 is 5.97 Å². The van der Waals surface area contributed by atoms with Crippen molar-refractivity contribution in [3.05, 3.63) is 0 Å². The minimum absolute atomic E-state index is 0.214. The van der Waals surface area contributed by atoms with Crippen LogP contribution in [0.15, 0.2) is 0 Å². The van der Waals surface area contributed by atoms with Gasteiger partial charge in [-0.1, -0.05) is 0 Å². The van der Waals surface area contributed by atoms with Crippen molar-refractivity contribution in [1.82, 2.24) is 5.32 Å². The van der Waals surface area contributed by atoms with Crippen LogP contribution in [0.2, 0.25) is 0 Å². The van der Waals surface area contributed by atoms with E-state index in [1.807, 2.05) is 0 Å². The number of carboxylic acids is 1. The molecule has 0 bridgehead atoms. The van der Waals surface area contributed by atoms with E-state index in [2.05, 4.69) is 5.32 Å². The smallest absolute Gasteiger partial charge is 0.318 e. The van der Waals surface area contributed by atoms with Gasteiger partial charge in [-0.25, -0.2) is 0 Å². The van der Waals surface area contributed by atoms with Crippen LogP contribution in [0.25, 0.3) is 0 Å². The quantitative estimate of drug-likeness (QED) is 0.600. The summed E-state index contributed by atoms with van der Waals surface area (Å²) in [6, 6.07) is 0. The Morgan fingerprint density at radius 2 is 2.17 bits per heavy atom. The molecule has 1 fully saturated rings. The Morgan fingerprint density at radius 1 is 1.58 bits per heavy atom. The minimum atomic E-state index is -0.980. The first-order chi connectivity index (χ1) is 5.66. The fourth-order valence-electron chi connectivity index (χ4n) is 0.727. The number of alkyl halides is 1. The molecule has 0 radical (unpaired) electrons. The van der Waals surface area contributed by atoms with E-state index in [1.54, 1.807) is 0 Å². The molecule has 1 heterocycles. The molecule has 0 saturated carbocycles. The van der Waals surface area contributed by atoms with E-state index in [-0.39, 0.29) is 11.8 Å². The lowest BCUT2D eigenvalue weighted by Gasteiger charge is -2.08.